The van der Waals surface area contributed by atoms with Crippen LogP contribution in [0.25, 0.3) is 0 Å². The average Bonchev–Trinajstić information content (AvgIpc) is 2.62. The Morgan fingerprint density at radius 3 is 1.44 bits per heavy atom. The smallest absolute Gasteiger partial charge is 0.200 e. The van der Waals surface area contributed by atoms with E-state index in [0.29, 0.717) is 23.9 Å². The van der Waals surface area contributed by atoms with Crippen LogP contribution in [0.15, 0.2) is 0 Å². The molecule has 0 aliphatic carbocycles. The summed E-state index contributed by atoms with van der Waals surface area (Å²) in [6, 6.07) is 0.868. The van der Waals surface area contributed by atoms with Crippen LogP contribution in [0.2, 0.25) is 17.1 Å². The Morgan fingerprint density at radius 1 is 0.630 bits per heavy atom. The molecule has 0 radical (unpaired) electrons. The molecule has 0 saturated carbocycles. The van der Waals surface area contributed by atoms with E-state index in [9.17, 15) is 26.7 Å². The van der Waals surface area contributed by atoms with Crippen molar-refractivity contribution in [2.45, 2.75) is 89.8 Å². The summed E-state index contributed by atoms with van der Waals surface area (Å²) in [6.07, 6.45) is 4.55. The number of hydrogen-bond acceptors (Lipinski definition) is 1. The minimum absolute atomic E-state index is 0.168. The predicted molar refractivity (Wildman–Crippen MR) is 101 cm³/mol. The summed E-state index contributed by atoms with van der Waals surface area (Å²) in [5.41, 5.74) is -0.0890. The third-order valence-electron chi connectivity index (χ3n) is 5.55. The van der Waals surface area contributed by atoms with E-state index in [1.807, 2.05) is 0 Å². The zero-order chi connectivity index (χ0) is 20.8. The van der Waals surface area contributed by atoms with Crippen LogP contribution in [0.5, 0.6) is 0 Å². The van der Waals surface area contributed by atoms with Crippen molar-refractivity contribution in [1.29, 1.82) is 0 Å². The molecule has 156 valence electrons. The lowest BCUT2D eigenvalue weighted by atomic mass is 10.0. The summed E-state index contributed by atoms with van der Waals surface area (Å²) in [4.78, 5) is 10.8. The van der Waals surface area contributed by atoms with E-state index in [2.05, 4.69) is 27.7 Å². The van der Waals surface area contributed by atoms with Crippen LogP contribution in [-0.4, -0.2) is 13.1 Å². The highest BCUT2D eigenvalue weighted by molar-refractivity contribution is 6.75. The van der Waals surface area contributed by atoms with Gasteiger partial charge in [-0.05, 0) is 30.0 Å². The van der Waals surface area contributed by atoms with Crippen molar-refractivity contribution in [2.75, 3.05) is 0 Å². The quantitative estimate of drug-likeness (QED) is 0.137. The van der Waals surface area contributed by atoms with Gasteiger partial charge in [0.15, 0.2) is 31.6 Å². The van der Waals surface area contributed by atoms with Crippen LogP contribution in [-0.2, 0) is 6.42 Å². The predicted octanol–water partition coefficient (Wildman–Crippen LogP) is 7.02. The Labute approximate surface area is 160 Å². The molecule has 0 amide bonds. The van der Waals surface area contributed by atoms with Gasteiger partial charge in [0, 0.05) is 5.56 Å². The average molecular weight is 411 g/mol. The maximum atomic E-state index is 13.6. The van der Waals surface area contributed by atoms with Crippen molar-refractivity contribution in [3.8, 4) is 0 Å². The lowest BCUT2D eigenvalue weighted by molar-refractivity contribution is 0.368. The molecule has 7 heteroatoms. The molecular formula is C20H31F5OSi. The van der Waals surface area contributed by atoms with Gasteiger partial charge in [-0.1, -0.05) is 59.8 Å². The fraction of sp³-hybridized carbons (Fsp3) is 0.700. The molecule has 1 rings (SSSR count). The van der Waals surface area contributed by atoms with E-state index in [0.717, 1.165) is 31.7 Å². The molecule has 0 atom stereocenters. The number of hydrogen-bond donors (Lipinski definition) is 1. The molecule has 1 nitrogen and oxygen atoms in total. The summed E-state index contributed by atoms with van der Waals surface area (Å²) >= 11 is 0. The fourth-order valence-electron chi connectivity index (χ4n) is 3.53. The highest BCUT2D eigenvalue weighted by Crippen LogP contribution is 2.34. The van der Waals surface area contributed by atoms with E-state index in [4.69, 9.17) is 0 Å². The molecule has 0 fully saturated rings. The highest BCUT2D eigenvalue weighted by atomic mass is 28.4. The number of rotatable bonds is 11. The lowest BCUT2D eigenvalue weighted by Gasteiger charge is -2.33. The largest absolute Gasteiger partial charge is 0.431 e. The monoisotopic (exact) mass is 410 g/mol. The summed E-state index contributed by atoms with van der Waals surface area (Å²) in [6.45, 7) is 8.30. The van der Waals surface area contributed by atoms with Crippen molar-refractivity contribution < 1.29 is 26.7 Å². The SMILES string of the molecule is CC(C)[Si](O)(CCCCCCCCc1c(F)c(F)c(F)c(F)c1F)C(C)C. The van der Waals surface area contributed by atoms with E-state index in [-0.39, 0.29) is 6.42 Å². The molecule has 0 heterocycles. The van der Waals surface area contributed by atoms with Crippen molar-refractivity contribution >= 4 is 8.32 Å². The van der Waals surface area contributed by atoms with Crippen LogP contribution in [0.1, 0.15) is 71.8 Å². The molecule has 1 aromatic carbocycles. The first-order chi connectivity index (χ1) is 12.5. The van der Waals surface area contributed by atoms with Crippen LogP contribution in [0.4, 0.5) is 22.0 Å². The number of halogens is 5. The molecule has 0 saturated heterocycles. The van der Waals surface area contributed by atoms with Gasteiger partial charge in [0.05, 0.1) is 0 Å². The van der Waals surface area contributed by atoms with Gasteiger partial charge in [0.25, 0.3) is 0 Å². The summed E-state index contributed by atoms with van der Waals surface area (Å²) in [5, 5.41) is 0. The molecule has 0 unspecified atom stereocenters. The maximum absolute atomic E-state index is 13.6. The molecule has 0 aliphatic heterocycles. The highest BCUT2D eigenvalue weighted by Gasteiger charge is 2.37. The lowest BCUT2D eigenvalue weighted by Crippen LogP contribution is -2.41. The summed E-state index contributed by atoms with van der Waals surface area (Å²) in [5.74, 6) is -9.32. The second-order valence-electron chi connectivity index (χ2n) is 7.97. The molecule has 0 bridgehead atoms. The first kappa shape index (κ1) is 24.1. The standard InChI is InChI=1S/C20H31F5OSi/c1-13(2)27(26,14(3)4)12-10-8-6-5-7-9-11-15-16(21)18(23)20(25)19(24)17(15)22/h13-14,26H,5-12H2,1-4H3. The molecule has 1 aromatic rings. The van der Waals surface area contributed by atoms with Gasteiger partial charge in [-0.15, -0.1) is 0 Å². The van der Waals surface area contributed by atoms with E-state index in [1.165, 1.54) is 0 Å². The molecular weight excluding hydrogens is 379 g/mol. The normalized spacial score (nSPS) is 12.4. The van der Waals surface area contributed by atoms with E-state index < -0.39 is 43.0 Å². The van der Waals surface area contributed by atoms with E-state index in [1.54, 1.807) is 0 Å². The van der Waals surface area contributed by atoms with Crippen LogP contribution >= 0.6 is 0 Å². The van der Waals surface area contributed by atoms with Gasteiger partial charge in [0.1, 0.15) is 0 Å². The van der Waals surface area contributed by atoms with Crippen LogP contribution in [0.3, 0.4) is 0 Å². The van der Waals surface area contributed by atoms with Crippen molar-refractivity contribution in [3.63, 3.8) is 0 Å². The van der Waals surface area contributed by atoms with Crippen molar-refractivity contribution in [1.82, 2.24) is 0 Å². The molecule has 0 aromatic heterocycles. The summed E-state index contributed by atoms with van der Waals surface area (Å²) < 4.78 is 66.5. The van der Waals surface area contributed by atoms with Crippen molar-refractivity contribution in [2.24, 2.45) is 0 Å². The van der Waals surface area contributed by atoms with Gasteiger partial charge in [-0.3, -0.25) is 0 Å². The third-order valence-corrected chi connectivity index (χ3v) is 10.7. The maximum Gasteiger partial charge on any atom is 0.200 e. The Bertz CT molecular complexity index is 582. The van der Waals surface area contributed by atoms with Gasteiger partial charge in [0.2, 0.25) is 5.82 Å². The number of unbranched alkanes of at least 4 members (excludes halogenated alkanes) is 5. The minimum Gasteiger partial charge on any atom is -0.431 e. The molecule has 27 heavy (non-hydrogen) atoms. The Morgan fingerprint density at radius 2 is 1.00 bits per heavy atom. The van der Waals surface area contributed by atoms with Gasteiger partial charge < -0.3 is 4.80 Å². The first-order valence-corrected chi connectivity index (χ1v) is 12.1. The zero-order valence-electron chi connectivity index (χ0n) is 16.6. The third kappa shape index (κ3) is 6.01. The Kier molecular flexibility index (Phi) is 9.41. The number of benzene rings is 1. The summed E-state index contributed by atoms with van der Waals surface area (Å²) in [7, 11) is -2.24. The van der Waals surface area contributed by atoms with Crippen LogP contribution < -0.4 is 0 Å². The minimum atomic E-state index is -2.24. The van der Waals surface area contributed by atoms with Gasteiger partial charge >= 0.3 is 0 Å². The van der Waals surface area contributed by atoms with Crippen LogP contribution in [0, 0.1) is 29.1 Å². The fourth-order valence-corrected chi connectivity index (χ4v) is 6.84. The van der Waals surface area contributed by atoms with Gasteiger partial charge in [-0.2, -0.15) is 0 Å². The molecule has 0 spiro atoms. The van der Waals surface area contributed by atoms with E-state index >= 15 is 0 Å². The Balaban J connectivity index is 2.35. The second kappa shape index (κ2) is 10.6. The molecule has 1 N–H and O–H groups in total. The zero-order valence-corrected chi connectivity index (χ0v) is 17.6. The van der Waals surface area contributed by atoms with Crippen molar-refractivity contribution in [3.05, 3.63) is 34.6 Å². The van der Waals surface area contributed by atoms with Gasteiger partial charge in [-0.25, -0.2) is 22.0 Å². The first-order valence-electron chi connectivity index (χ1n) is 9.76. The Hall–Kier alpha value is -0.953. The topological polar surface area (TPSA) is 20.2 Å². The molecule has 0 aliphatic rings. The second-order valence-corrected chi connectivity index (χ2v) is 12.8.